The molecular weight excluding hydrogens is 275 g/mol. The van der Waals surface area contributed by atoms with E-state index in [0.717, 1.165) is 0 Å². The predicted molar refractivity (Wildman–Crippen MR) is 74.7 cm³/mol. The van der Waals surface area contributed by atoms with Crippen LogP contribution in [0.1, 0.15) is 25.0 Å². The van der Waals surface area contributed by atoms with E-state index in [1.807, 2.05) is 0 Å². The van der Waals surface area contributed by atoms with Crippen LogP contribution in [0.4, 0.5) is 4.39 Å². The van der Waals surface area contributed by atoms with Gasteiger partial charge in [0, 0.05) is 32.1 Å². The summed E-state index contributed by atoms with van der Waals surface area (Å²) in [5.74, 6) is -1.02. The van der Waals surface area contributed by atoms with Gasteiger partial charge in [-0.15, -0.1) is 0 Å². The standard InChI is InChI=1S/C15H19FN2O3/c1-10(19)18-7-6-11(9-18)15(21)17-8-14(20)12-4-2-3-5-13(12)16/h2-5,11,14,20H,6-9H2,1H3,(H,17,21). The molecule has 1 aromatic rings. The van der Waals surface area contributed by atoms with Crippen molar-refractivity contribution in [3.63, 3.8) is 0 Å². The van der Waals surface area contributed by atoms with Crippen LogP contribution < -0.4 is 5.32 Å². The summed E-state index contributed by atoms with van der Waals surface area (Å²) in [5.41, 5.74) is 0.162. The summed E-state index contributed by atoms with van der Waals surface area (Å²) in [7, 11) is 0. The van der Waals surface area contributed by atoms with Crippen LogP contribution in [-0.2, 0) is 9.59 Å². The fourth-order valence-electron chi connectivity index (χ4n) is 2.46. The van der Waals surface area contributed by atoms with Crippen LogP contribution in [-0.4, -0.2) is 41.5 Å². The molecule has 1 heterocycles. The van der Waals surface area contributed by atoms with Gasteiger partial charge in [-0.1, -0.05) is 18.2 Å². The molecule has 1 aliphatic heterocycles. The van der Waals surface area contributed by atoms with E-state index in [1.165, 1.54) is 19.1 Å². The van der Waals surface area contributed by atoms with Gasteiger partial charge in [-0.2, -0.15) is 0 Å². The van der Waals surface area contributed by atoms with Crippen molar-refractivity contribution in [2.24, 2.45) is 5.92 Å². The van der Waals surface area contributed by atoms with Gasteiger partial charge in [-0.3, -0.25) is 9.59 Å². The number of nitrogens with zero attached hydrogens (tertiary/aromatic N) is 1. The Morgan fingerprint density at radius 1 is 1.48 bits per heavy atom. The lowest BCUT2D eigenvalue weighted by molar-refractivity contribution is -0.128. The van der Waals surface area contributed by atoms with Gasteiger partial charge >= 0.3 is 0 Å². The van der Waals surface area contributed by atoms with E-state index in [4.69, 9.17) is 0 Å². The summed E-state index contributed by atoms with van der Waals surface area (Å²) in [4.78, 5) is 24.8. The number of aliphatic hydroxyl groups is 1. The molecule has 0 aliphatic carbocycles. The third-order valence-electron chi connectivity index (χ3n) is 3.74. The number of likely N-dealkylation sites (tertiary alicyclic amines) is 1. The van der Waals surface area contributed by atoms with Crippen LogP contribution in [0.15, 0.2) is 24.3 Å². The fourth-order valence-corrected chi connectivity index (χ4v) is 2.46. The summed E-state index contributed by atoms with van der Waals surface area (Å²) in [5, 5.41) is 12.5. The van der Waals surface area contributed by atoms with Crippen LogP contribution in [0.3, 0.4) is 0 Å². The molecule has 0 aromatic heterocycles. The first kappa shape index (κ1) is 15.4. The monoisotopic (exact) mass is 294 g/mol. The van der Waals surface area contributed by atoms with E-state index in [9.17, 15) is 19.1 Å². The van der Waals surface area contributed by atoms with Gasteiger partial charge in [0.05, 0.1) is 12.0 Å². The molecule has 2 amide bonds. The molecule has 2 atom stereocenters. The van der Waals surface area contributed by atoms with Crippen molar-refractivity contribution in [2.45, 2.75) is 19.4 Å². The van der Waals surface area contributed by atoms with Crippen molar-refractivity contribution in [1.82, 2.24) is 10.2 Å². The summed E-state index contributed by atoms with van der Waals surface area (Å²) in [6, 6.07) is 5.92. The summed E-state index contributed by atoms with van der Waals surface area (Å²) >= 11 is 0. The number of aliphatic hydroxyl groups excluding tert-OH is 1. The van der Waals surface area contributed by atoms with E-state index in [2.05, 4.69) is 5.32 Å². The zero-order valence-electron chi connectivity index (χ0n) is 11.9. The Labute approximate surface area is 122 Å². The molecule has 5 nitrogen and oxygen atoms in total. The van der Waals surface area contributed by atoms with Gasteiger partial charge in [0.1, 0.15) is 5.82 Å². The Balaban J connectivity index is 1.85. The molecule has 2 N–H and O–H groups in total. The average Bonchev–Trinajstić information content (AvgIpc) is 2.95. The zero-order chi connectivity index (χ0) is 15.4. The highest BCUT2D eigenvalue weighted by atomic mass is 19.1. The van der Waals surface area contributed by atoms with Crippen LogP contribution in [0, 0.1) is 11.7 Å². The highest BCUT2D eigenvalue weighted by Gasteiger charge is 2.29. The predicted octanol–water partition coefficient (Wildman–Crippen LogP) is 0.844. The van der Waals surface area contributed by atoms with Crippen molar-refractivity contribution in [3.8, 4) is 0 Å². The Morgan fingerprint density at radius 2 is 2.19 bits per heavy atom. The third kappa shape index (κ3) is 3.78. The number of hydrogen-bond acceptors (Lipinski definition) is 3. The molecular formula is C15H19FN2O3. The molecule has 0 radical (unpaired) electrons. The van der Waals surface area contributed by atoms with Crippen molar-refractivity contribution in [2.75, 3.05) is 19.6 Å². The maximum Gasteiger partial charge on any atom is 0.225 e. The Hall–Kier alpha value is -1.95. The van der Waals surface area contributed by atoms with Gasteiger partial charge in [-0.05, 0) is 12.5 Å². The first-order chi connectivity index (χ1) is 9.99. The van der Waals surface area contributed by atoms with Gasteiger partial charge < -0.3 is 15.3 Å². The van der Waals surface area contributed by atoms with Crippen LogP contribution in [0.25, 0.3) is 0 Å². The number of amides is 2. The first-order valence-corrected chi connectivity index (χ1v) is 6.94. The summed E-state index contributed by atoms with van der Waals surface area (Å²) in [6.45, 7) is 2.40. The number of hydrogen-bond donors (Lipinski definition) is 2. The lowest BCUT2D eigenvalue weighted by Crippen LogP contribution is -2.36. The second-order valence-corrected chi connectivity index (χ2v) is 5.23. The van der Waals surface area contributed by atoms with Crippen LogP contribution >= 0.6 is 0 Å². The molecule has 2 rings (SSSR count). The minimum absolute atomic E-state index is 0.0447. The number of carbonyl (C=O) groups is 2. The molecule has 1 fully saturated rings. The Bertz CT molecular complexity index is 535. The molecule has 0 spiro atoms. The minimum Gasteiger partial charge on any atom is -0.386 e. The van der Waals surface area contributed by atoms with Gasteiger partial charge in [-0.25, -0.2) is 4.39 Å². The second kappa shape index (κ2) is 6.67. The van der Waals surface area contributed by atoms with E-state index < -0.39 is 11.9 Å². The van der Waals surface area contributed by atoms with E-state index in [-0.39, 0.29) is 29.8 Å². The summed E-state index contributed by atoms with van der Waals surface area (Å²) in [6.07, 6.45) is -0.471. The minimum atomic E-state index is -1.08. The molecule has 1 aliphatic rings. The van der Waals surface area contributed by atoms with Gasteiger partial charge in [0.25, 0.3) is 0 Å². The average molecular weight is 294 g/mol. The maximum atomic E-state index is 13.5. The first-order valence-electron chi connectivity index (χ1n) is 6.94. The largest absolute Gasteiger partial charge is 0.386 e. The van der Waals surface area contributed by atoms with Crippen molar-refractivity contribution >= 4 is 11.8 Å². The lowest BCUT2D eigenvalue weighted by atomic mass is 10.1. The number of benzene rings is 1. The Morgan fingerprint density at radius 3 is 2.81 bits per heavy atom. The lowest BCUT2D eigenvalue weighted by Gasteiger charge is -2.16. The maximum absolute atomic E-state index is 13.5. The van der Waals surface area contributed by atoms with E-state index in [0.29, 0.717) is 19.5 Å². The normalized spacial score (nSPS) is 19.4. The van der Waals surface area contributed by atoms with Crippen LogP contribution in [0.2, 0.25) is 0 Å². The van der Waals surface area contributed by atoms with Crippen molar-refractivity contribution in [1.29, 1.82) is 0 Å². The molecule has 0 saturated carbocycles. The van der Waals surface area contributed by atoms with E-state index >= 15 is 0 Å². The molecule has 1 saturated heterocycles. The fraction of sp³-hybridized carbons (Fsp3) is 0.467. The third-order valence-corrected chi connectivity index (χ3v) is 3.74. The highest BCUT2D eigenvalue weighted by Crippen LogP contribution is 2.18. The van der Waals surface area contributed by atoms with Crippen molar-refractivity contribution in [3.05, 3.63) is 35.6 Å². The summed E-state index contributed by atoms with van der Waals surface area (Å²) < 4.78 is 13.5. The number of nitrogens with one attached hydrogen (secondary N) is 1. The second-order valence-electron chi connectivity index (χ2n) is 5.23. The number of rotatable bonds is 4. The molecule has 0 bridgehead atoms. The molecule has 114 valence electrons. The molecule has 2 unspecified atom stereocenters. The van der Waals surface area contributed by atoms with Gasteiger partial charge in [0.15, 0.2) is 0 Å². The van der Waals surface area contributed by atoms with E-state index in [1.54, 1.807) is 17.0 Å². The highest BCUT2D eigenvalue weighted by molar-refractivity contribution is 5.81. The zero-order valence-corrected chi connectivity index (χ0v) is 11.9. The Kier molecular flexibility index (Phi) is 4.90. The topological polar surface area (TPSA) is 69.6 Å². The molecule has 21 heavy (non-hydrogen) atoms. The van der Waals surface area contributed by atoms with Crippen molar-refractivity contribution < 1.29 is 19.1 Å². The van der Waals surface area contributed by atoms with Gasteiger partial charge in [0.2, 0.25) is 11.8 Å². The SMILES string of the molecule is CC(=O)N1CCC(C(=O)NCC(O)c2ccccc2F)C1. The molecule has 1 aromatic carbocycles. The quantitative estimate of drug-likeness (QED) is 0.864. The smallest absolute Gasteiger partial charge is 0.225 e. The molecule has 6 heteroatoms. The number of halogens is 1. The number of carbonyl (C=O) groups excluding carboxylic acids is 2. The van der Waals surface area contributed by atoms with Crippen LogP contribution in [0.5, 0.6) is 0 Å².